The second-order valence-corrected chi connectivity index (χ2v) is 5.89. The van der Waals surface area contributed by atoms with Crippen molar-refractivity contribution in [2.45, 2.75) is 6.92 Å². The summed E-state index contributed by atoms with van der Waals surface area (Å²) in [6, 6.07) is 11.1. The fourth-order valence-electron chi connectivity index (χ4n) is 1.85. The van der Waals surface area contributed by atoms with Crippen LogP contribution >= 0.6 is 27.5 Å². The highest BCUT2D eigenvalue weighted by Gasteiger charge is 2.09. The van der Waals surface area contributed by atoms with Crippen LogP contribution in [0.4, 0.5) is 11.4 Å². The van der Waals surface area contributed by atoms with Gasteiger partial charge in [0.1, 0.15) is 6.07 Å². The van der Waals surface area contributed by atoms with Crippen LogP contribution in [0.15, 0.2) is 46.0 Å². The first kappa shape index (κ1) is 16.9. The number of benzene rings is 2. The van der Waals surface area contributed by atoms with Gasteiger partial charge in [0, 0.05) is 22.2 Å². The van der Waals surface area contributed by atoms with E-state index in [2.05, 4.69) is 26.5 Å². The van der Waals surface area contributed by atoms with E-state index in [1.807, 2.05) is 19.1 Å². The summed E-state index contributed by atoms with van der Waals surface area (Å²) < 4.78 is 0.838. The molecule has 0 radical (unpaired) electrons. The number of aryl methyl sites for hydroxylation is 1. The maximum Gasteiger partial charge on any atom is 0.269 e. The molecule has 0 heterocycles. The second-order valence-electron chi connectivity index (χ2n) is 4.57. The average molecular weight is 394 g/mol. The van der Waals surface area contributed by atoms with Crippen LogP contribution in [0.25, 0.3) is 0 Å². The van der Waals surface area contributed by atoms with Crippen molar-refractivity contribution in [3.8, 4) is 6.07 Å². The third kappa shape index (κ3) is 4.06. The van der Waals surface area contributed by atoms with Crippen LogP contribution in [0.2, 0.25) is 5.02 Å². The lowest BCUT2D eigenvalue weighted by atomic mass is 10.1. The zero-order valence-electron chi connectivity index (χ0n) is 11.9. The molecule has 6 nitrogen and oxygen atoms in total. The van der Waals surface area contributed by atoms with Gasteiger partial charge in [0.15, 0.2) is 5.71 Å². The molecule has 0 unspecified atom stereocenters. The summed E-state index contributed by atoms with van der Waals surface area (Å²) in [7, 11) is 0. The van der Waals surface area contributed by atoms with Gasteiger partial charge < -0.3 is 0 Å². The SMILES string of the molecule is Cc1cc(Br)cc(Cl)c1N/N=C(\C#N)c1ccc([N+](=O)[O-])cc1. The van der Waals surface area contributed by atoms with Crippen molar-refractivity contribution in [1.82, 2.24) is 0 Å². The van der Waals surface area contributed by atoms with Crippen LogP contribution < -0.4 is 5.43 Å². The van der Waals surface area contributed by atoms with Crippen molar-refractivity contribution in [2.75, 3.05) is 5.43 Å². The Bertz CT molecular complexity index is 805. The van der Waals surface area contributed by atoms with Gasteiger partial charge in [-0.2, -0.15) is 10.4 Å². The number of nitro groups is 1. The summed E-state index contributed by atoms with van der Waals surface area (Å²) in [6.45, 7) is 1.85. The number of halogens is 2. The van der Waals surface area contributed by atoms with E-state index in [0.29, 0.717) is 16.3 Å². The predicted octanol–water partition coefficient (Wildman–Crippen LogP) is 4.66. The molecule has 116 valence electrons. The van der Waals surface area contributed by atoms with Gasteiger partial charge in [-0.15, -0.1) is 0 Å². The number of hydrazone groups is 1. The van der Waals surface area contributed by atoms with Crippen LogP contribution in [-0.4, -0.2) is 10.6 Å². The van der Waals surface area contributed by atoms with Crippen molar-refractivity contribution in [3.63, 3.8) is 0 Å². The predicted molar refractivity (Wildman–Crippen MR) is 92.8 cm³/mol. The number of nitro benzene ring substituents is 1. The summed E-state index contributed by atoms with van der Waals surface area (Å²) in [5, 5.41) is 24.4. The first-order chi connectivity index (χ1) is 10.9. The molecule has 23 heavy (non-hydrogen) atoms. The molecule has 0 aliphatic carbocycles. The molecule has 0 aliphatic heterocycles. The number of non-ortho nitro benzene ring substituents is 1. The third-order valence-corrected chi connectivity index (χ3v) is 3.75. The Kier molecular flexibility index (Phi) is 5.32. The summed E-state index contributed by atoms with van der Waals surface area (Å²) in [5.74, 6) is 0. The van der Waals surface area contributed by atoms with Gasteiger partial charge in [0.2, 0.25) is 0 Å². The highest BCUT2D eigenvalue weighted by molar-refractivity contribution is 9.10. The maximum atomic E-state index is 10.6. The number of rotatable bonds is 4. The number of nitriles is 1. The Morgan fingerprint density at radius 1 is 1.39 bits per heavy atom. The van der Waals surface area contributed by atoms with Crippen LogP contribution in [0, 0.1) is 28.4 Å². The molecule has 8 heteroatoms. The van der Waals surface area contributed by atoms with Gasteiger partial charge in [-0.05, 0) is 36.8 Å². The van der Waals surface area contributed by atoms with Gasteiger partial charge in [0.25, 0.3) is 5.69 Å². The van der Waals surface area contributed by atoms with E-state index in [0.717, 1.165) is 10.0 Å². The number of nitrogens with one attached hydrogen (secondary N) is 1. The fraction of sp³-hybridized carbons (Fsp3) is 0.0667. The molecule has 0 amide bonds. The smallest absolute Gasteiger partial charge is 0.269 e. The molecule has 0 fully saturated rings. The molecule has 2 rings (SSSR count). The lowest BCUT2D eigenvalue weighted by Crippen LogP contribution is -2.03. The van der Waals surface area contributed by atoms with Gasteiger partial charge in [-0.25, -0.2) is 0 Å². The number of hydrogen-bond acceptors (Lipinski definition) is 5. The summed E-state index contributed by atoms with van der Waals surface area (Å²) in [6.07, 6.45) is 0. The minimum Gasteiger partial charge on any atom is -0.275 e. The zero-order chi connectivity index (χ0) is 17.0. The van der Waals surface area contributed by atoms with E-state index in [9.17, 15) is 15.4 Å². The zero-order valence-corrected chi connectivity index (χ0v) is 14.2. The van der Waals surface area contributed by atoms with E-state index >= 15 is 0 Å². The van der Waals surface area contributed by atoms with Crippen LogP contribution in [-0.2, 0) is 0 Å². The van der Waals surface area contributed by atoms with Crippen LogP contribution in [0.3, 0.4) is 0 Å². The summed E-state index contributed by atoms with van der Waals surface area (Å²) in [5.41, 5.74) is 4.73. The van der Waals surface area contributed by atoms with Gasteiger partial charge in [-0.3, -0.25) is 15.5 Å². The van der Waals surface area contributed by atoms with Crippen molar-refractivity contribution < 1.29 is 4.92 Å². The first-order valence-corrected chi connectivity index (χ1v) is 7.53. The summed E-state index contributed by atoms with van der Waals surface area (Å²) in [4.78, 5) is 10.1. The minimum atomic E-state index is -0.504. The van der Waals surface area contributed by atoms with E-state index in [-0.39, 0.29) is 11.4 Å². The minimum absolute atomic E-state index is 0.0502. The van der Waals surface area contributed by atoms with Gasteiger partial charge >= 0.3 is 0 Å². The average Bonchev–Trinajstić information content (AvgIpc) is 2.50. The second kappa shape index (κ2) is 7.22. The highest BCUT2D eigenvalue weighted by atomic mass is 79.9. The molecule has 0 spiro atoms. The molecular weight excluding hydrogens is 384 g/mol. The first-order valence-electron chi connectivity index (χ1n) is 6.36. The molecule has 2 aromatic rings. The molecule has 1 N–H and O–H groups in total. The Balaban J connectivity index is 2.30. The van der Waals surface area contributed by atoms with E-state index < -0.39 is 4.92 Å². The highest BCUT2D eigenvalue weighted by Crippen LogP contribution is 2.29. The van der Waals surface area contributed by atoms with Gasteiger partial charge in [-0.1, -0.05) is 27.5 Å². The van der Waals surface area contributed by atoms with Crippen molar-refractivity contribution in [1.29, 1.82) is 5.26 Å². The molecule has 0 aromatic heterocycles. The monoisotopic (exact) mass is 392 g/mol. The molecule has 0 atom stereocenters. The third-order valence-electron chi connectivity index (χ3n) is 2.99. The Hall–Kier alpha value is -2.43. The number of hydrogen-bond donors (Lipinski definition) is 1. The van der Waals surface area contributed by atoms with Crippen molar-refractivity contribution in [3.05, 3.63) is 67.1 Å². The molecular formula is C15H10BrClN4O2. The Morgan fingerprint density at radius 3 is 2.57 bits per heavy atom. The number of nitrogens with zero attached hydrogens (tertiary/aromatic N) is 3. The molecule has 2 aromatic carbocycles. The van der Waals surface area contributed by atoms with Crippen LogP contribution in [0.5, 0.6) is 0 Å². The lowest BCUT2D eigenvalue weighted by Gasteiger charge is -2.08. The molecule has 0 saturated heterocycles. The van der Waals surface area contributed by atoms with E-state index in [1.165, 1.54) is 24.3 Å². The fourth-order valence-corrected chi connectivity index (χ4v) is 2.86. The normalized spacial score (nSPS) is 11.0. The molecule has 0 bridgehead atoms. The van der Waals surface area contributed by atoms with Gasteiger partial charge in [0.05, 0.1) is 15.6 Å². The Labute approximate surface area is 145 Å². The summed E-state index contributed by atoms with van der Waals surface area (Å²) >= 11 is 9.48. The van der Waals surface area contributed by atoms with Crippen LogP contribution in [0.1, 0.15) is 11.1 Å². The van der Waals surface area contributed by atoms with E-state index in [1.54, 1.807) is 6.07 Å². The Morgan fingerprint density at radius 2 is 2.04 bits per heavy atom. The molecule has 0 aliphatic rings. The standard InChI is InChI=1S/C15H10BrClN4O2/c1-9-6-11(16)7-13(17)15(9)20-19-14(8-18)10-2-4-12(5-3-10)21(22)23/h2-7,20H,1H3/b19-14+. The maximum absolute atomic E-state index is 10.6. The lowest BCUT2D eigenvalue weighted by molar-refractivity contribution is -0.384. The largest absolute Gasteiger partial charge is 0.275 e. The topological polar surface area (TPSA) is 91.3 Å². The van der Waals surface area contributed by atoms with E-state index in [4.69, 9.17) is 11.6 Å². The number of anilines is 1. The molecule has 0 saturated carbocycles. The van der Waals surface area contributed by atoms with Crippen molar-refractivity contribution >= 4 is 44.6 Å². The van der Waals surface area contributed by atoms with Crippen molar-refractivity contribution in [2.24, 2.45) is 5.10 Å². The quantitative estimate of drug-likeness (QED) is 0.464.